The second kappa shape index (κ2) is 10.2. The highest BCUT2D eigenvalue weighted by Crippen LogP contribution is 2.34. The van der Waals surface area contributed by atoms with Crippen LogP contribution < -0.4 is 5.32 Å². The summed E-state index contributed by atoms with van der Waals surface area (Å²) >= 11 is 1.46. The highest BCUT2D eigenvalue weighted by Gasteiger charge is 2.47. The molecule has 0 spiro atoms. The zero-order valence-corrected chi connectivity index (χ0v) is 23.0. The second-order valence-electron chi connectivity index (χ2n) is 11.7. The van der Waals surface area contributed by atoms with Crippen LogP contribution in [0, 0.1) is 0 Å². The fraction of sp³-hybridized carbons (Fsp3) is 0.800. The molecule has 4 atom stereocenters. The minimum absolute atomic E-state index is 0.000793. The molecule has 10 heteroatoms. The molecule has 4 aliphatic rings. The number of urea groups is 1. The van der Waals surface area contributed by atoms with Crippen LogP contribution in [0.1, 0.15) is 61.3 Å². The maximum Gasteiger partial charge on any atom is 0.410 e. The SMILES string of the molecule is CC(C)N1C[C@@H]2C[C@H]1CN2C(=O)Nc1nccs1.CC(C)N1C[C@@H]2C[C@H]1CN2C(=O)OC(C)(C)C. The van der Waals surface area contributed by atoms with E-state index in [-0.39, 0.29) is 12.1 Å². The molecule has 3 amide bonds. The third kappa shape index (κ3) is 5.91. The molecule has 1 aromatic rings. The molecule has 5 rings (SSSR count). The Morgan fingerprint density at radius 3 is 1.89 bits per heavy atom. The molecule has 0 aliphatic carbocycles. The van der Waals surface area contributed by atoms with Gasteiger partial charge in [0.25, 0.3) is 0 Å². The smallest absolute Gasteiger partial charge is 0.410 e. The lowest BCUT2D eigenvalue weighted by atomic mass is 10.2. The van der Waals surface area contributed by atoms with E-state index in [1.54, 1.807) is 6.20 Å². The summed E-state index contributed by atoms with van der Waals surface area (Å²) in [7, 11) is 0. The van der Waals surface area contributed by atoms with Gasteiger partial charge in [-0.15, -0.1) is 11.3 Å². The molecule has 5 heterocycles. The molecule has 4 saturated heterocycles. The molecular weight excluding hydrogens is 464 g/mol. The van der Waals surface area contributed by atoms with E-state index in [9.17, 15) is 9.59 Å². The first-order valence-corrected chi connectivity index (χ1v) is 13.8. The van der Waals surface area contributed by atoms with Crippen molar-refractivity contribution in [2.45, 2.75) is 103 Å². The Morgan fingerprint density at radius 2 is 1.49 bits per heavy atom. The molecule has 1 aromatic heterocycles. The number of amides is 3. The summed E-state index contributed by atoms with van der Waals surface area (Å²) in [4.78, 5) is 37.1. The highest BCUT2D eigenvalue weighted by molar-refractivity contribution is 7.13. The van der Waals surface area contributed by atoms with E-state index in [0.717, 1.165) is 39.0 Å². The Kier molecular flexibility index (Phi) is 7.64. The number of piperazine rings is 2. The van der Waals surface area contributed by atoms with Crippen molar-refractivity contribution < 1.29 is 14.3 Å². The van der Waals surface area contributed by atoms with Gasteiger partial charge >= 0.3 is 12.1 Å². The molecular formula is C25H42N6O3S. The predicted octanol–water partition coefficient (Wildman–Crippen LogP) is 3.93. The number of fused-ring (bicyclic) bond motifs is 4. The van der Waals surface area contributed by atoms with Gasteiger partial charge in [0.2, 0.25) is 0 Å². The molecule has 0 radical (unpaired) electrons. The highest BCUT2D eigenvalue weighted by atomic mass is 32.1. The van der Waals surface area contributed by atoms with Gasteiger partial charge in [-0.25, -0.2) is 14.6 Å². The third-order valence-electron chi connectivity index (χ3n) is 7.43. The zero-order chi connectivity index (χ0) is 25.5. The number of nitrogens with zero attached hydrogens (tertiary/aromatic N) is 5. The van der Waals surface area contributed by atoms with Crippen LogP contribution in [-0.2, 0) is 4.74 Å². The van der Waals surface area contributed by atoms with E-state index in [4.69, 9.17) is 4.74 Å². The van der Waals surface area contributed by atoms with Crippen molar-refractivity contribution in [1.29, 1.82) is 0 Å². The number of hydrogen-bond acceptors (Lipinski definition) is 7. The third-order valence-corrected chi connectivity index (χ3v) is 8.12. The first kappa shape index (κ1) is 26.2. The molecule has 4 aliphatic heterocycles. The average Bonchev–Trinajstić information content (AvgIpc) is 3.58. The predicted molar refractivity (Wildman–Crippen MR) is 139 cm³/mol. The lowest BCUT2D eigenvalue weighted by molar-refractivity contribution is 0.0104. The fourth-order valence-electron chi connectivity index (χ4n) is 5.90. The topological polar surface area (TPSA) is 81.3 Å². The molecule has 0 aromatic carbocycles. The van der Waals surface area contributed by atoms with Crippen LogP contribution in [0.2, 0.25) is 0 Å². The normalized spacial score (nSPS) is 28.1. The van der Waals surface area contributed by atoms with Crippen molar-refractivity contribution in [1.82, 2.24) is 24.6 Å². The van der Waals surface area contributed by atoms with Crippen molar-refractivity contribution in [3.8, 4) is 0 Å². The fourth-order valence-corrected chi connectivity index (χ4v) is 6.42. The van der Waals surface area contributed by atoms with Crippen molar-refractivity contribution in [2.75, 3.05) is 31.5 Å². The van der Waals surface area contributed by atoms with E-state index in [1.165, 1.54) is 11.3 Å². The molecule has 196 valence electrons. The number of thiazole rings is 1. The molecule has 9 nitrogen and oxygen atoms in total. The Hall–Kier alpha value is -1.91. The summed E-state index contributed by atoms with van der Waals surface area (Å²) in [5.74, 6) is 0. The van der Waals surface area contributed by atoms with Crippen LogP contribution in [0.5, 0.6) is 0 Å². The number of nitrogens with one attached hydrogen (secondary N) is 1. The molecule has 0 saturated carbocycles. The second-order valence-corrected chi connectivity index (χ2v) is 12.6. The average molecular weight is 507 g/mol. The van der Waals surface area contributed by atoms with Crippen LogP contribution in [-0.4, -0.2) is 105 Å². The number of likely N-dealkylation sites (tertiary alicyclic amines) is 4. The largest absolute Gasteiger partial charge is 0.444 e. The summed E-state index contributed by atoms with van der Waals surface area (Å²) in [5.41, 5.74) is -0.392. The Morgan fingerprint density at radius 1 is 0.943 bits per heavy atom. The molecule has 4 fully saturated rings. The number of anilines is 1. The van der Waals surface area contributed by atoms with Crippen LogP contribution in [0.25, 0.3) is 0 Å². The van der Waals surface area contributed by atoms with Gasteiger partial charge in [0.1, 0.15) is 5.60 Å². The van der Waals surface area contributed by atoms with Crippen LogP contribution >= 0.6 is 11.3 Å². The quantitative estimate of drug-likeness (QED) is 0.669. The van der Waals surface area contributed by atoms with Gasteiger partial charge in [-0.3, -0.25) is 15.1 Å². The number of hydrogen-bond donors (Lipinski definition) is 1. The van der Waals surface area contributed by atoms with Crippen molar-refractivity contribution in [3.05, 3.63) is 11.6 Å². The monoisotopic (exact) mass is 506 g/mol. The van der Waals surface area contributed by atoms with Gasteiger partial charge in [0.05, 0.1) is 0 Å². The number of rotatable bonds is 3. The van der Waals surface area contributed by atoms with E-state index >= 15 is 0 Å². The van der Waals surface area contributed by atoms with Gasteiger partial charge in [0, 0.05) is 74.0 Å². The number of carbonyl (C=O) groups is 2. The Balaban J connectivity index is 0.000000165. The summed E-state index contributed by atoms with van der Waals surface area (Å²) < 4.78 is 5.44. The van der Waals surface area contributed by atoms with Gasteiger partial charge in [-0.2, -0.15) is 0 Å². The van der Waals surface area contributed by atoms with Gasteiger partial charge < -0.3 is 14.5 Å². The van der Waals surface area contributed by atoms with E-state index in [1.807, 2.05) is 36.0 Å². The minimum atomic E-state index is -0.392. The van der Waals surface area contributed by atoms with E-state index < -0.39 is 5.60 Å². The van der Waals surface area contributed by atoms with Crippen molar-refractivity contribution in [3.63, 3.8) is 0 Å². The number of carbonyl (C=O) groups excluding carboxylic acids is 2. The van der Waals surface area contributed by atoms with Crippen molar-refractivity contribution in [2.24, 2.45) is 0 Å². The first-order valence-electron chi connectivity index (χ1n) is 12.9. The maximum atomic E-state index is 12.1. The molecule has 1 N–H and O–H groups in total. The number of aromatic nitrogens is 1. The van der Waals surface area contributed by atoms with Crippen LogP contribution in [0.3, 0.4) is 0 Å². The molecule has 0 unspecified atom stereocenters. The summed E-state index contributed by atoms with van der Waals surface area (Å²) in [6, 6.07) is 2.95. The summed E-state index contributed by atoms with van der Waals surface area (Å²) in [6.07, 6.45) is 3.78. The van der Waals surface area contributed by atoms with Crippen LogP contribution in [0.4, 0.5) is 14.7 Å². The Labute approximate surface area is 213 Å². The van der Waals surface area contributed by atoms with Gasteiger partial charge in [-0.05, 0) is 61.3 Å². The molecule has 4 bridgehead atoms. The number of ether oxygens (including phenoxy) is 1. The zero-order valence-electron chi connectivity index (χ0n) is 22.2. The summed E-state index contributed by atoms with van der Waals surface area (Å²) in [6.45, 7) is 18.3. The minimum Gasteiger partial charge on any atom is -0.444 e. The maximum absolute atomic E-state index is 12.1. The lowest BCUT2D eigenvalue weighted by Crippen LogP contribution is -2.51. The van der Waals surface area contributed by atoms with E-state index in [2.05, 4.69) is 47.8 Å². The first-order chi connectivity index (χ1) is 16.4. The Bertz CT molecular complexity index is 886. The van der Waals surface area contributed by atoms with Crippen molar-refractivity contribution >= 4 is 28.6 Å². The summed E-state index contributed by atoms with van der Waals surface area (Å²) in [5, 5.41) is 5.42. The lowest BCUT2D eigenvalue weighted by Gasteiger charge is -2.37. The molecule has 35 heavy (non-hydrogen) atoms. The standard InChI is InChI=1S/C13H24N2O2.C12H18N4OS/c1-9(2)14-7-11-6-10(14)8-15(11)12(16)17-13(3,4)5;1-8(2)15-6-10-5-9(15)7-16(10)12(17)14-11-13-3-4-18-11/h9-11H,6-8H2,1-5H3;3-4,8-10H,5-7H2,1-2H3,(H,13,14,17)/t10-,11-;9-,10-/m00/s1. The van der Waals surface area contributed by atoms with E-state index in [0.29, 0.717) is 41.4 Å². The van der Waals surface area contributed by atoms with Gasteiger partial charge in [-0.1, -0.05) is 0 Å². The van der Waals surface area contributed by atoms with Gasteiger partial charge in [0.15, 0.2) is 5.13 Å². The van der Waals surface area contributed by atoms with Crippen LogP contribution in [0.15, 0.2) is 11.6 Å².